The number of aryl methyl sites for hydroxylation is 1. The SMILES string of the molecule is COC1(OC)[C@@H](/C=C/c2ccc(C)cc2)C(C#N)(C#N)C1(OC)OC. The van der Waals surface area contributed by atoms with Crippen LogP contribution in [-0.2, 0) is 18.9 Å². The highest BCUT2D eigenvalue weighted by atomic mass is 16.8. The van der Waals surface area contributed by atoms with Gasteiger partial charge in [0.2, 0.25) is 11.2 Å². The Hall–Kier alpha value is -2.22. The molecule has 0 bridgehead atoms. The third kappa shape index (κ3) is 2.31. The summed E-state index contributed by atoms with van der Waals surface area (Å²) in [5.74, 6) is -3.82. The van der Waals surface area contributed by atoms with Gasteiger partial charge in [-0.05, 0) is 12.5 Å². The Morgan fingerprint density at radius 3 is 1.84 bits per heavy atom. The van der Waals surface area contributed by atoms with Gasteiger partial charge in [0.25, 0.3) is 5.79 Å². The highest BCUT2D eigenvalue weighted by Crippen LogP contribution is 2.65. The zero-order chi connectivity index (χ0) is 18.7. The summed E-state index contributed by atoms with van der Waals surface area (Å²) >= 11 is 0. The zero-order valence-corrected chi connectivity index (χ0v) is 15.1. The molecule has 0 saturated heterocycles. The fourth-order valence-electron chi connectivity index (χ4n) is 3.65. The van der Waals surface area contributed by atoms with Crippen molar-refractivity contribution >= 4 is 6.08 Å². The third-order valence-corrected chi connectivity index (χ3v) is 4.95. The van der Waals surface area contributed by atoms with E-state index in [-0.39, 0.29) is 0 Å². The van der Waals surface area contributed by atoms with Crippen LogP contribution in [0.25, 0.3) is 6.08 Å². The van der Waals surface area contributed by atoms with E-state index in [4.69, 9.17) is 18.9 Å². The summed E-state index contributed by atoms with van der Waals surface area (Å²) in [7, 11) is 5.59. The Morgan fingerprint density at radius 2 is 1.44 bits per heavy atom. The molecule has 132 valence electrons. The molecular weight excluding hydrogens is 320 g/mol. The molecule has 1 aromatic rings. The van der Waals surface area contributed by atoms with Gasteiger partial charge < -0.3 is 18.9 Å². The summed E-state index contributed by atoms with van der Waals surface area (Å²) in [5, 5.41) is 19.6. The summed E-state index contributed by atoms with van der Waals surface area (Å²) in [4.78, 5) is 0. The summed E-state index contributed by atoms with van der Waals surface area (Å²) in [5.41, 5.74) is 0.456. The summed E-state index contributed by atoms with van der Waals surface area (Å²) in [6, 6.07) is 12.0. The number of hydrogen-bond acceptors (Lipinski definition) is 6. The topological polar surface area (TPSA) is 84.5 Å². The summed E-state index contributed by atoms with van der Waals surface area (Å²) in [6.45, 7) is 2.00. The molecule has 0 spiro atoms. The lowest BCUT2D eigenvalue weighted by Crippen LogP contribution is -2.83. The van der Waals surface area contributed by atoms with Crippen LogP contribution < -0.4 is 0 Å². The van der Waals surface area contributed by atoms with Gasteiger partial charge in [0.15, 0.2) is 0 Å². The standard InChI is InChI=1S/C19H22N2O4/c1-14-6-8-15(9-7-14)10-11-16-17(12-20,13-21)19(24-4,25-5)18(16,22-2)23-3/h6-11,16H,1-5H3/b11-10+/t16-/m0/s1. The Bertz CT molecular complexity index is 705. The molecular formula is C19H22N2O4. The average Bonchev–Trinajstić information content (AvgIpc) is 2.64. The molecule has 0 radical (unpaired) electrons. The molecule has 1 fully saturated rings. The monoisotopic (exact) mass is 342 g/mol. The quantitative estimate of drug-likeness (QED) is 0.739. The van der Waals surface area contributed by atoms with Crippen molar-refractivity contribution < 1.29 is 18.9 Å². The van der Waals surface area contributed by atoms with Gasteiger partial charge in [0.1, 0.15) is 0 Å². The minimum Gasteiger partial charge on any atom is -0.348 e. The van der Waals surface area contributed by atoms with Crippen molar-refractivity contribution in [3.8, 4) is 12.1 Å². The van der Waals surface area contributed by atoms with E-state index in [0.717, 1.165) is 11.1 Å². The van der Waals surface area contributed by atoms with Crippen molar-refractivity contribution in [1.82, 2.24) is 0 Å². The van der Waals surface area contributed by atoms with Crippen LogP contribution >= 0.6 is 0 Å². The molecule has 0 N–H and O–H groups in total. The Labute approximate surface area is 148 Å². The van der Waals surface area contributed by atoms with Crippen LogP contribution in [0, 0.1) is 40.9 Å². The van der Waals surface area contributed by atoms with Crippen molar-refractivity contribution in [2.24, 2.45) is 11.3 Å². The number of benzene rings is 1. The molecule has 0 aliphatic heterocycles. The molecule has 0 amide bonds. The molecule has 0 heterocycles. The Morgan fingerprint density at radius 1 is 0.920 bits per heavy atom. The van der Waals surface area contributed by atoms with Crippen LogP contribution in [0.4, 0.5) is 0 Å². The molecule has 1 atom stereocenters. The lowest BCUT2D eigenvalue weighted by atomic mass is 9.51. The first kappa shape index (κ1) is 19.1. The molecule has 1 aromatic carbocycles. The van der Waals surface area contributed by atoms with Gasteiger partial charge in [0, 0.05) is 28.4 Å². The van der Waals surface area contributed by atoms with E-state index in [1.165, 1.54) is 28.4 Å². The van der Waals surface area contributed by atoms with Crippen LogP contribution in [0.5, 0.6) is 0 Å². The summed E-state index contributed by atoms with van der Waals surface area (Å²) in [6.07, 6.45) is 3.57. The first-order valence-electron chi connectivity index (χ1n) is 7.75. The zero-order valence-electron chi connectivity index (χ0n) is 15.1. The maximum Gasteiger partial charge on any atom is 0.257 e. The largest absolute Gasteiger partial charge is 0.348 e. The van der Waals surface area contributed by atoms with Crippen LogP contribution in [0.1, 0.15) is 11.1 Å². The fraction of sp³-hybridized carbons (Fsp3) is 0.474. The molecule has 6 nitrogen and oxygen atoms in total. The van der Waals surface area contributed by atoms with E-state index < -0.39 is 22.9 Å². The molecule has 0 unspecified atom stereocenters. The predicted octanol–water partition coefficient (Wildman–Crippen LogP) is 2.65. The average molecular weight is 342 g/mol. The Balaban J connectivity index is 2.55. The van der Waals surface area contributed by atoms with E-state index in [1.807, 2.05) is 37.3 Å². The first-order chi connectivity index (χ1) is 12.0. The second-order valence-corrected chi connectivity index (χ2v) is 5.88. The second-order valence-electron chi connectivity index (χ2n) is 5.88. The molecule has 1 saturated carbocycles. The number of nitrogens with zero attached hydrogens (tertiary/aromatic N) is 2. The van der Waals surface area contributed by atoms with Gasteiger partial charge in [-0.25, -0.2) is 0 Å². The smallest absolute Gasteiger partial charge is 0.257 e. The van der Waals surface area contributed by atoms with Crippen molar-refractivity contribution in [1.29, 1.82) is 10.5 Å². The lowest BCUT2D eigenvalue weighted by molar-refractivity contribution is -0.489. The molecule has 0 aromatic heterocycles. The molecule has 1 aliphatic carbocycles. The summed E-state index contributed by atoms with van der Waals surface area (Å²) < 4.78 is 22.1. The number of methoxy groups -OCH3 is 4. The number of rotatable bonds is 6. The van der Waals surface area contributed by atoms with Crippen LogP contribution in [0.15, 0.2) is 30.3 Å². The van der Waals surface area contributed by atoms with Crippen LogP contribution in [0.3, 0.4) is 0 Å². The molecule has 2 rings (SSSR count). The number of ether oxygens (including phenoxy) is 4. The Kier molecular flexibility index (Phi) is 5.31. The van der Waals surface area contributed by atoms with E-state index in [0.29, 0.717) is 0 Å². The maximum atomic E-state index is 9.78. The highest BCUT2D eigenvalue weighted by molar-refractivity contribution is 5.53. The number of nitriles is 2. The molecule has 6 heteroatoms. The van der Waals surface area contributed by atoms with Gasteiger partial charge >= 0.3 is 0 Å². The fourth-order valence-corrected chi connectivity index (χ4v) is 3.65. The van der Waals surface area contributed by atoms with Crippen molar-refractivity contribution in [2.45, 2.75) is 18.5 Å². The minimum atomic E-state index is -1.67. The van der Waals surface area contributed by atoms with Gasteiger partial charge in [-0.15, -0.1) is 0 Å². The third-order valence-electron chi connectivity index (χ3n) is 4.95. The first-order valence-corrected chi connectivity index (χ1v) is 7.75. The van der Waals surface area contributed by atoms with Crippen molar-refractivity contribution in [3.63, 3.8) is 0 Å². The van der Waals surface area contributed by atoms with Gasteiger partial charge in [-0.2, -0.15) is 10.5 Å². The number of hydrogen-bond donors (Lipinski definition) is 0. The van der Waals surface area contributed by atoms with Gasteiger partial charge in [0.05, 0.1) is 18.1 Å². The van der Waals surface area contributed by atoms with Crippen molar-refractivity contribution in [3.05, 3.63) is 41.5 Å². The van der Waals surface area contributed by atoms with E-state index in [2.05, 4.69) is 12.1 Å². The van der Waals surface area contributed by atoms with Crippen molar-refractivity contribution in [2.75, 3.05) is 28.4 Å². The van der Waals surface area contributed by atoms with E-state index in [9.17, 15) is 10.5 Å². The predicted molar refractivity (Wildman–Crippen MR) is 90.9 cm³/mol. The van der Waals surface area contributed by atoms with E-state index in [1.54, 1.807) is 6.08 Å². The maximum absolute atomic E-state index is 9.78. The van der Waals surface area contributed by atoms with Crippen LogP contribution in [0.2, 0.25) is 0 Å². The molecule has 25 heavy (non-hydrogen) atoms. The lowest BCUT2D eigenvalue weighted by Gasteiger charge is -2.64. The van der Waals surface area contributed by atoms with E-state index >= 15 is 0 Å². The second kappa shape index (κ2) is 6.95. The van der Waals surface area contributed by atoms with Crippen LogP contribution in [-0.4, -0.2) is 40.0 Å². The normalized spacial score (nSPS) is 22.8. The van der Waals surface area contributed by atoms with Gasteiger partial charge in [-0.3, -0.25) is 0 Å². The minimum absolute atomic E-state index is 0.716. The van der Waals surface area contributed by atoms with Gasteiger partial charge in [-0.1, -0.05) is 42.0 Å². The molecule has 1 aliphatic rings. The highest BCUT2D eigenvalue weighted by Gasteiger charge is 2.85.